The van der Waals surface area contributed by atoms with Crippen LogP contribution < -0.4 is 10.2 Å². The van der Waals surface area contributed by atoms with E-state index in [4.69, 9.17) is 4.74 Å². The van der Waals surface area contributed by atoms with Crippen LogP contribution in [-0.4, -0.2) is 38.3 Å². The lowest BCUT2D eigenvalue weighted by atomic mass is 9.90. The quantitative estimate of drug-likeness (QED) is 0.720. The molecule has 0 aliphatic carbocycles. The summed E-state index contributed by atoms with van der Waals surface area (Å²) in [4.78, 5) is 8.10. The molecule has 0 bridgehead atoms. The first-order chi connectivity index (χ1) is 9.52. The molecule has 0 aromatic carbocycles. The van der Waals surface area contributed by atoms with Crippen LogP contribution >= 0.6 is 11.3 Å². The summed E-state index contributed by atoms with van der Waals surface area (Å²) in [5.74, 6) is 0. The molecule has 1 heterocycles. The Hall–Kier alpha value is -0.650. The minimum atomic E-state index is 0.266. The van der Waals surface area contributed by atoms with E-state index >= 15 is 0 Å². The van der Waals surface area contributed by atoms with E-state index in [2.05, 4.69) is 42.9 Å². The van der Waals surface area contributed by atoms with Gasteiger partial charge in [-0.05, 0) is 25.7 Å². The molecule has 0 atom stereocenters. The van der Waals surface area contributed by atoms with Gasteiger partial charge in [0.25, 0.3) is 0 Å². The Kier molecular flexibility index (Phi) is 7.48. The van der Waals surface area contributed by atoms with E-state index in [0.29, 0.717) is 0 Å². The predicted octanol–water partition coefficient (Wildman–Crippen LogP) is 3.14. The van der Waals surface area contributed by atoms with Crippen LogP contribution in [0.4, 0.5) is 5.13 Å². The van der Waals surface area contributed by atoms with E-state index < -0.39 is 0 Å². The van der Waals surface area contributed by atoms with Gasteiger partial charge in [0.05, 0.1) is 0 Å². The van der Waals surface area contributed by atoms with Crippen LogP contribution in [0.1, 0.15) is 39.0 Å². The third-order valence-corrected chi connectivity index (χ3v) is 4.52. The van der Waals surface area contributed by atoms with Crippen molar-refractivity contribution in [3.63, 3.8) is 0 Å². The number of nitrogens with zero attached hydrogens (tertiary/aromatic N) is 2. The van der Waals surface area contributed by atoms with Gasteiger partial charge in [-0.2, -0.15) is 0 Å². The minimum Gasteiger partial charge on any atom is -0.385 e. The molecule has 116 valence electrons. The molecule has 1 rings (SSSR count). The molecular weight excluding hydrogens is 270 g/mol. The van der Waals surface area contributed by atoms with Gasteiger partial charge in [0.2, 0.25) is 0 Å². The van der Waals surface area contributed by atoms with E-state index in [1.807, 2.05) is 6.20 Å². The number of anilines is 1. The first-order valence-corrected chi connectivity index (χ1v) is 8.23. The highest BCUT2D eigenvalue weighted by Crippen LogP contribution is 2.23. The molecule has 5 heteroatoms. The van der Waals surface area contributed by atoms with E-state index in [0.717, 1.165) is 44.3 Å². The maximum atomic E-state index is 5.16. The average Bonchev–Trinajstić information content (AvgIpc) is 2.86. The van der Waals surface area contributed by atoms with Crippen LogP contribution in [0.15, 0.2) is 6.20 Å². The number of hydrogen-bond acceptors (Lipinski definition) is 5. The van der Waals surface area contributed by atoms with Crippen molar-refractivity contribution in [3.05, 3.63) is 11.1 Å². The number of rotatable bonds is 10. The standard InChI is InChI=1S/C15H29N3OS/c1-6-18(7-2)14-17-11-13(20-14)10-16-12-15(3,4)8-9-19-5/h11,16H,6-10,12H2,1-5H3. The van der Waals surface area contributed by atoms with Gasteiger partial charge in [0.15, 0.2) is 5.13 Å². The highest BCUT2D eigenvalue weighted by Gasteiger charge is 2.17. The topological polar surface area (TPSA) is 37.4 Å². The molecule has 0 unspecified atom stereocenters. The molecule has 0 spiro atoms. The zero-order chi connectivity index (χ0) is 15.0. The summed E-state index contributed by atoms with van der Waals surface area (Å²) in [6.45, 7) is 13.6. The molecule has 0 aliphatic rings. The van der Waals surface area contributed by atoms with Crippen molar-refractivity contribution in [1.82, 2.24) is 10.3 Å². The maximum absolute atomic E-state index is 5.16. The number of hydrogen-bond donors (Lipinski definition) is 1. The monoisotopic (exact) mass is 299 g/mol. The molecule has 1 aromatic heterocycles. The highest BCUT2D eigenvalue weighted by atomic mass is 32.1. The Morgan fingerprint density at radius 2 is 2.05 bits per heavy atom. The van der Waals surface area contributed by atoms with Crippen molar-refractivity contribution < 1.29 is 4.74 Å². The van der Waals surface area contributed by atoms with Crippen molar-refractivity contribution in [3.8, 4) is 0 Å². The minimum absolute atomic E-state index is 0.266. The Bertz CT molecular complexity index is 375. The van der Waals surface area contributed by atoms with Crippen LogP contribution in [0.3, 0.4) is 0 Å². The average molecular weight is 299 g/mol. The first kappa shape index (κ1) is 17.4. The van der Waals surface area contributed by atoms with Gasteiger partial charge in [-0.3, -0.25) is 0 Å². The summed E-state index contributed by atoms with van der Waals surface area (Å²) >= 11 is 1.79. The molecule has 0 saturated carbocycles. The number of thiazole rings is 1. The lowest BCUT2D eigenvalue weighted by Crippen LogP contribution is -2.29. The zero-order valence-corrected chi connectivity index (χ0v) is 14.3. The molecule has 1 N–H and O–H groups in total. The number of methoxy groups -OCH3 is 1. The first-order valence-electron chi connectivity index (χ1n) is 7.41. The smallest absolute Gasteiger partial charge is 0.185 e. The molecule has 0 radical (unpaired) electrons. The summed E-state index contributed by atoms with van der Waals surface area (Å²) in [6.07, 6.45) is 3.07. The second kappa shape index (κ2) is 8.60. The summed E-state index contributed by atoms with van der Waals surface area (Å²) in [5.41, 5.74) is 0.266. The third kappa shape index (κ3) is 5.77. The molecule has 20 heavy (non-hydrogen) atoms. The fourth-order valence-electron chi connectivity index (χ4n) is 2.01. The number of aromatic nitrogens is 1. The molecule has 1 aromatic rings. The fraction of sp³-hybridized carbons (Fsp3) is 0.800. The van der Waals surface area contributed by atoms with Crippen LogP contribution in [0, 0.1) is 5.41 Å². The van der Waals surface area contributed by atoms with E-state index in [-0.39, 0.29) is 5.41 Å². The van der Waals surface area contributed by atoms with Gasteiger partial charge in [-0.15, -0.1) is 11.3 Å². The molecule has 0 aliphatic heterocycles. The van der Waals surface area contributed by atoms with Crippen molar-refractivity contribution in [2.45, 2.75) is 40.7 Å². The summed E-state index contributed by atoms with van der Waals surface area (Å²) < 4.78 is 5.16. The molecular formula is C15H29N3OS. The zero-order valence-electron chi connectivity index (χ0n) is 13.5. The second-order valence-electron chi connectivity index (χ2n) is 5.79. The molecule has 0 fully saturated rings. The SMILES string of the molecule is CCN(CC)c1ncc(CNCC(C)(C)CCOC)s1. The Morgan fingerprint density at radius 3 is 2.65 bits per heavy atom. The second-order valence-corrected chi connectivity index (χ2v) is 6.89. The van der Waals surface area contributed by atoms with Crippen LogP contribution in [0.5, 0.6) is 0 Å². The predicted molar refractivity (Wildman–Crippen MR) is 87.7 cm³/mol. The molecule has 0 saturated heterocycles. The van der Waals surface area contributed by atoms with E-state index in [1.165, 1.54) is 4.88 Å². The number of nitrogens with one attached hydrogen (secondary N) is 1. The Balaban J connectivity index is 2.39. The third-order valence-electron chi connectivity index (χ3n) is 3.46. The summed E-state index contributed by atoms with van der Waals surface area (Å²) in [5, 5.41) is 4.67. The summed E-state index contributed by atoms with van der Waals surface area (Å²) in [6, 6.07) is 0. The van der Waals surface area contributed by atoms with E-state index in [1.54, 1.807) is 18.4 Å². The van der Waals surface area contributed by atoms with Crippen LogP contribution in [-0.2, 0) is 11.3 Å². The highest BCUT2D eigenvalue weighted by molar-refractivity contribution is 7.15. The van der Waals surface area contributed by atoms with Crippen molar-refractivity contribution in [2.24, 2.45) is 5.41 Å². The number of ether oxygens (including phenoxy) is 1. The normalized spacial score (nSPS) is 11.8. The maximum Gasteiger partial charge on any atom is 0.185 e. The van der Waals surface area contributed by atoms with Crippen molar-refractivity contribution >= 4 is 16.5 Å². The molecule has 0 amide bonds. The van der Waals surface area contributed by atoms with Crippen molar-refractivity contribution in [2.75, 3.05) is 38.3 Å². The van der Waals surface area contributed by atoms with Gasteiger partial charge < -0.3 is 15.0 Å². The Labute approximate surface area is 127 Å². The van der Waals surface area contributed by atoms with Gasteiger partial charge >= 0.3 is 0 Å². The summed E-state index contributed by atoms with van der Waals surface area (Å²) in [7, 11) is 1.76. The lowest BCUT2D eigenvalue weighted by Gasteiger charge is -2.24. The fourth-order valence-corrected chi connectivity index (χ4v) is 3.02. The van der Waals surface area contributed by atoms with Gasteiger partial charge in [0, 0.05) is 51.0 Å². The van der Waals surface area contributed by atoms with Gasteiger partial charge in [-0.25, -0.2) is 4.98 Å². The van der Waals surface area contributed by atoms with Crippen LogP contribution in [0.25, 0.3) is 0 Å². The van der Waals surface area contributed by atoms with Gasteiger partial charge in [-0.1, -0.05) is 13.8 Å². The van der Waals surface area contributed by atoms with Gasteiger partial charge in [0.1, 0.15) is 0 Å². The Morgan fingerprint density at radius 1 is 1.35 bits per heavy atom. The van der Waals surface area contributed by atoms with Crippen LogP contribution in [0.2, 0.25) is 0 Å². The largest absolute Gasteiger partial charge is 0.385 e. The van der Waals surface area contributed by atoms with E-state index in [9.17, 15) is 0 Å². The lowest BCUT2D eigenvalue weighted by molar-refractivity contribution is 0.150. The van der Waals surface area contributed by atoms with Crippen molar-refractivity contribution in [1.29, 1.82) is 0 Å². The molecule has 4 nitrogen and oxygen atoms in total.